The first-order valence-corrected chi connectivity index (χ1v) is 12.0. The van der Waals surface area contributed by atoms with E-state index in [-0.39, 0.29) is 17.7 Å². The molecule has 8 heteroatoms. The Balaban J connectivity index is 1.36. The van der Waals surface area contributed by atoms with Crippen molar-refractivity contribution < 1.29 is 14.4 Å². The molecule has 2 aromatic carbocycles. The monoisotopic (exact) mass is 481 g/mol. The number of hydrogen-bond acceptors (Lipinski definition) is 5. The molecular formula is C25H27N3O3S2. The molecule has 0 spiro atoms. The van der Waals surface area contributed by atoms with E-state index in [0.29, 0.717) is 34.2 Å². The van der Waals surface area contributed by atoms with E-state index in [1.54, 1.807) is 17.0 Å². The average Bonchev–Trinajstić information content (AvgIpc) is 3.06. The first-order chi connectivity index (χ1) is 15.8. The smallest absolute Gasteiger partial charge is 0.269 e. The molecule has 6 nitrogen and oxygen atoms in total. The maximum absolute atomic E-state index is 12.7. The minimum absolute atomic E-state index is 0.0674. The van der Waals surface area contributed by atoms with Crippen LogP contribution in [-0.2, 0) is 9.59 Å². The highest BCUT2D eigenvalue weighted by atomic mass is 32.2. The van der Waals surface area contributed by atoms with Crippen LogP contribution in [0.2, 0.25) is 0 Å². The van der Waals surface area contributed by atoms with E-state index < -0.39 is 0 Å². The number of nitrogens with one attached hydrogen (secondary N) is 2. The zero-order valence-corrected chi connectivity index (χ0v) is 20.4. The number of thiocarbonyl (C=S) groups is 1. The van der Waals surface area contributed by atoms with Crippen LogP contribution in [0.5, 0.6) is 0 Å². The molecule has 1 heterocycles. The summed E-state index contributed by atoms with van der Waals surface area (Å²) in [4.78, 5) is 39.1. The molecule has 33 heavy (non-hydrogen) atoms. The molecular weight excluding hydrogens is 454 g/mol. The minimum Gasteiger partial charge on any atom is -0.293 e. The number of nitrogens with zero attached hydrogens (tertiary/aromatic N) is 1. The number of hydrogen-bond donors (Lipinski definition) is 2. The molecule has 1 fully saturated rings. The van der Waals surface area contributed by atoms with Crippen molar-refractivity contribution in [3.63, 3.8) is 0 Å². The van der Waals surface area contributed by atoms with Crippen LogP contribution in [0.3, 0.4) is 0 Å². The summed E-state index contributed by atoms with van der Waals surface area (Å²) in [5.74, 6) is -0.652. The van der Waals surface area contributed by atoms with Crippen LogP contribution in [0.1, 0.15) is 52.7 Å². The van der Waals surface area contributed by atoms with Crippen molar-refractivity contribution in [1.29, 1.82) is 0 Å². The quantitative estimate of drug-likeness (QED) is 0.251. The van der Waals surface area contributed by atoms with Gasteiger partial charge in [-0.2, -0.15) is 0 Å². The van der Waals surface area contributed by atoms with Gasteiger partial charge >= 0.3 is 0 Å². The number of thioether (sulfide) groups is 1. The third-order valence-corrected chi connectivity index (χ3v) is 6.62. The molecule has 172 valence electrons. The Kier molecular flexibility index (Phi) is 8.79. The van der Waals surface area contributed by atoms with Crippen molar-refractivity contribution >= 4 is 52.1 Å². The predicted molar refractivity (Wildman–Crippen MR) is 136 cm³/mol. The second-order valence-electron chi connectivity index (χ2n) is 7.87. The summed E-state index contributed by atoms with van der Waals surface area (Å²) in [6, 6.07) is 15.2. The Morgan fingerprint density at radius 3 is 2.45 bits per heavy atom. The molecule has 0 aromatic heterocycles. The topological polar surface area (TPSA) is 78.5 Å². The summed E-state index contributed by atoms with van der Waals surface area (Å²) >= 11 is 6.70. The van der Waals surface area contributed by atoms with Gasteiger partial charge in [0.1, 0.15) is 4.32 Å². The van der Waals surface area contributed by atoms with Crippen LogP contribution in [0.15, 0.2) is 53.4 Å². The molecule has 3 rings (SSSR count). The van der Waals surface area contributed by atoms with Crippen molar-refractivity contribution in [2.24, 2.45) is 0 Å². The van der Waals surface area contributed by atoms with Crippen LogP contribution in [0, 0.1) is 13.8 Å². The SMILES string of the molecule is Cc1ccc(C=C2SC(=S)N(CCCCCC(=O)NNC(=O)c3ccccc3C)C2=O)cc1. The molecule has 0 atom stereocenters. The van der Waals surface area contributed by atoms with Crippen molar-refractivity contribution in [3.05, 3.63) is 75.7 Å². The first-order valence-electron chi connectivity index (χ1n) is 10.8. The Bertz CT molecular complexity index is 1080. The van der Waals surface area contributed by atoms with Gasteiger partial charge < -0.3 is 0 Å². The van der Waals surface area contributed by atoms with Gasteiger partial charge in [-0.3, -0.25) is 30.1 Å². The maximum atomic E-state index is 12.7. The Morgan fingerprint density at radius 1 is 1.00 bits per heavy atom. The zero-order valence-electron chi connectivity index (χ0n) is 18.7. The number of rotatable bonds is 8. The molecule has 3 amide bonds. The number of aryl methyl sites for hydroxylation is 2. The third-order valence-electron chi connectivity index (χ3n) is 5.24. The summed E-state index contributed by atoms with van der Waals surface area (Å²) in [6.07, 6.45) is 4.33. The summed E-state index contributed by atoms with van der Waals surface area (Å²) < 4.78 is 0.565. The van der Waals surface area contributed by atoms with Crippen molar-refractivity contribution in [2.75, 3.05) is 6.54 Å². The normalized spacial score (nSPS) is 14.6. The lowest BCUT2D eigenvalue weighted by atomic mass is 10.1. The van der Waals surface area contributed by atoms with Crippen LogP contribution in [0.25, 0.3) is 6.08 Å². The van der Waals surface area contributed by atoms with Crippen LogP contribution in [0.4, 0.5) is 0 Å². The summed E-state index contributed by atoms with van der Waals surface area (Å²) in [6.45, 7) is 4.39. The lowest BCUT2D eigenvalue weighted by Crippen LogP contribution is -2.41. The number of unbranched alkanes of at least 4 members (excludes halogenated alkanes) is 2. The highest BCUT2D eigenvalue weighted by Crippen LogP contribution is 2.32. The van der Waals surface area contributed by atoms with Gasteiger partial charge in [-0.15, -0.1) is 0 Å². The van der Waals surface area contributed by atoms with E-state index in [1.807, 2.05) is 56.3 Å². The largest absolute Gasteiger partial charge is 0.293 e. The molecule has 0 saturated carbocycles. The van der Waals surface area contributed by atoms with E-state index in [1.165, 1.54) is 17.3 Å². The summed E-state index contributed by atoms with van der Waals surface area (Å²) in [5.41, 5.74) is 8.41. The van der Waals surface area contributed by atoms with Gasteiger partial charge in [0.05, 0.1) is 4.91 Å². The average molecular weight is 482 g/mol. The fourth-order valence-electron chi connectivity index (χ4n) is 3.32. The van der Waals surface area contributed by atoms with Crippen molar-refractivity contribution in [3.8, 4) is 0 Å². The second kappa shape index (κ2) is 11.8. The number of amides is 3. The fraction of sp³-hybridized carbons (Fsp3) is 0.280. The number of benzene rings is 2. The highest BCUT2D eigenvalue weighted by molar-refractivity contribution is 8.26. The van der Waals surface area contributed by atoms with Gasteiger partial charge in [0.2, 0.25) is 5.91 Å². The third kappa shape index (κ3) is 7.00. The van der Waals surface area contributed by atoms with Crippen molar-refractivity contribution in [1.82, 2.24) is 15.8 Å². The van der Waals surface area contributed by atoms with E-state index in [0.717, 1.165) is 24.0 Å². The van der Waals surface area contributed by atoms with E-state index in [9.17, 15) is 14.4 Å². The second-order valence-corrected chi connectivity index (χ2v) is 9.55. The lowest BCUT2D eigenvalue weighted by molar-refractivity contribution is -0.123. The molecule has 2 N–H and O–H groups in total. The molecule has 0 radical (unpaired) electrons. The molecule has 2 aromatic rings. The van der Waals surface area contributed by atoms with Crippen LogP contribution in [-0.4, -0.2) is 33.5 Å². The van der Waals surface area contributed by atoms with Gasteiger partial charge in [-0.05, 0) is 50.0 Å². The first kappa shape index (κ1) is 24.7. The molecule has 0 aliphatic carbocycles. The van der Waals surface area contributed by atoms with Gasteiger partial charge in [-0.25, -0.2) is 0 Å². The molecule has 1 aliphatic rings. The zero-order chi connectivity index (χ0) is 23.8. The molecule has 1 aliphatic heterocycles. The van der Waals surface area contributed by atoms with E-state index in [4.69, 9.17) is 12.2 Å². The van der Waals surface area contributed by atoms with Crippen molar-refractivity contribution in [2.45, 2.75) is 39.5 Å². The fourth-order valence-corrected chi connectivity index (χ4v) is 4.63. The molecule has 1 saturated heterocycles. The maximum Gasteiger partial charge on any atom is 0.269 e. The Morgan fingerprint density at radius 2 is 1.73 bits per heavy atom. The Labute approximate surface area is 203 Å². The van der Waals surface area contributed by atoms with E-state index >= 15 is 0 Å². The number of carbonyl (C=O) groups is 3. The standard InChI is InChI=1S/C25H27N3O3S2/c1-17-11-13-19(14-12-17)16-21-24(31)28(25(32)33-21)15-7-3-4-10-22(29)26-27-23(30)20-9-6-5-8-18(20)2/h5-6,8-9,11-14,16H,3-4,7,10,15H2,1-2H3,(H,26,29)(H,27,30). The van der Waals surface area contributed by atoms with Gasteiger partial charge in [0.25, 0.3) is 11.8 Å². The summed E-state index contributed by atoms with van der Waals surface area (Å²) in [7, 11) is 0. The van der Waals surface area contributed by atoms with Crippen LogP contribution >= 0.6 is 24.0 Å². The Hall–Kier alpha value is -2.97. The predicted octanol–water partition coefficient (Wildman–Crippen LogP) is 4.53. The molecule has 0 unspecified atom stereocenters. The number of hydrazine groups is 1. The van der Waals surface area contributed by atoms with E-state index in [2.05, 4.69) is 10.9 Å². The molecule has 0 bridgehead atoms. The lowest BCUT2D eigenvalue weighted by Gasteiger charge is -2.14. The highest BCUT2D eigenvalue weighted by Gasteiger charge is 2.31. The number of carbonyl (C=O) groups excluding carboxylic acids is 3. The van der Waals surface area contributed by atoms with Gasteiger partial charge in [0, 0.05) is 18.5 Å². The van der Waals surface area contributed by atoms with Gasteiger partial charge in [-0.1, -0.05) is 78.4 Å². The summed E-state index contributed by atoms with van der Waals surface area (Å²) in [5, 5.41) is 0. The minimum atomic E-state index is -0.338. The van der Waals surface area contributed by atoms with Gasteiger partial charge in [0.15, 0.2) is 0 Å². The van der Waals surface area contributed by atoms with Crippen LogP contribution < -0.4 is 10.9 Å².